The molecule has 0 spiro atoms. The van der Waals surface area contributed by atoms with Crippen molar-refractivity contribution in [2.24, 2.45) is 11.7 Å². The predicted octanol–water partition coefficient (Wildman–Crippen LogP) is 0.886. The highest BCUT2D eigenvalue weighted by molar-refractivity contribution is 7.93. The highest BCUT2D eigenvalue weighted by Crippen LogP contribution is 2.27. The monoisotopic (exact) mass is 346 g/mol. The zero-order chi connectivity index (χ0) is 16.4. The summed E-state index contributed by atoms with van der Waals surface area (Å²) in [5.74, 6) is 0.0916. The third-order valence-corrected chi connectivity index (χ3v) is 6.89. The van der Waals surface area contributed by atoms with Gasteiger partial charge in [0.15, 0.2) is 9.84 Å². The molecule has 0 aromatic heterocycles. The summed E-state index contributed by atoms with van der Waals surface area (Å²) in [6.07, 6.45) is 4.60. The molecule has 1 fully saturated rings. The summed E-state index contributed by atoms with van der Waals surface area (Å²) < 4.78 is 51.5. The molecule has 2 rings (SSSR count). The van der Waals surface area contributed by atoms with Crippen LogP contribution in [0.1, 0.15) is 25.7 Å². The molecule has 1 aromatic carbocycles. The first-order valence-electron chi connectivity index (χ1n) is 7.27. The molecule has 0 saturated heterocycles. The largest absolute Gasteiger partial charge is 0.330 e. The van der Waals surface area contributed by atoms with Gasteiger partial charge in [-0.3, -0.25) is 0 Å². The summed E-state index contributed by atoms with van der Waals surface area (Å²) in [7, 11) is -7.52. The van der Waals surface area contributed by atoms with Crippen LogP contribution in [0.2, 0.25) is 0 Å². The van der Waals surface area contributed by atoms with E-state index in [1.54, 1.807) is 0 Å². The minimum Gasteiger partial charge on any atom is -0.330 e. The zero-order valence-electron chi connectivity index (χ0n) is 12.5. The Hall–Kier alpha value is -0.960. The maximum Gasteiger partial charge on any atom is 0.242 e. The van der Waals surface area contributed by atoms with Gasteiger partial charge >= 0.3 is 0 Å². The molecule has 1 aromatic rings. The molecule has 8 heteroatoms. The predicted molar refractivity (Wildman–Crippen MR) is 84.7 cm³/mol. The van der Waals surface area contributed by atoms with Gasteiger partial charge in [0.25, 0.3) is 0 Å². The van der Waals surface area contributed by atoms with E-state index >= 15 is 0 Å². The summed E-state index contributed by atoms with van der Waals surface area (Å²) in [5.41, 5.74) is 5.72. The number of rotatable bonds is 5. The second kappa shape index (κ2) is 6.66. The molecule has 1 saturated carbocycles. The van der Waals surface area contributed by atoms with Crippen molar-refractivity contribution in [2.75, 3.05) is 12.8 Å². The number of hydrogen-bond acceptors (Lipinski definition) is 5. The lowest BCUT2D eigenvalue weighted by Crippen LogP contribution is -2.44. The van der Waals surface area contributed by atoms with Gasteiger partial charge in [-0.15, -0.1) is 0 Å². The van der Waals surface area contributed by atoms with Crippen LogP contribution < -0.4 is 10.5 Å². The molecule has 2 atom stereocenters. The topological polar surface area (TPSA) is 106 Å². The van der Waals surface area contributed by atoms with E-state index < -0.39 is 19.9 Å². The molecule has 3 N–H and O–H groups in total. The van der Waals surface area contributed by atoms with Crippen LogP contribution in [0.25, 0.3) is 0 Å². The Balaban J connectivity index is 2.35. The van der Waals surface area contributed by atoms with Gasteiger partial charge in [0.2, 0.25) is 10.0 Å². The first-order chi connectivity index (χ1) is 10.3. The van der Waals surface area contributed by atoms with Crippen LogP contribution in [-0.2, 0) is 19.9 Å². The highest BCUT2D eigenvalue weighted by atomic mass is 32.2. The number of hydrogen-bond donors (Lipinski definition) is 2. The molecule has 22 heavy (non-hydrogen) atoms. The molecule has 0 aliphatic heterocycles. The van der Waals surface area contributed by atoms with Crippen LogP contribution in [0, 0.1) is 5.92 Å². The van der Waals surface area contributed by atoms with Crippen LogP contribution in [0.5, 0.6) is 0 Å². The van der Waals surface area contributed by atoms with E-state index in [-0.39, 0.29) is 21.8 Å². The van der Waals surface area contributed by atoms with E-state index in [1.165, 1.54) is 24.3 Å². The molecule has 1 aliphatic carbocycles. The second-order valence-electron chi connectivity index (χ2n) is 5.73. The number of sulfone groups is 1. The van der Waals surface area contributed by atoms with Crippen molar-refractivity contribution in [1.29, 1.82) is 0 Å². The summed E-state index contributed by atoms with van der Waals surface area (Å²) >= 11 is 0. The average Bonchev–Trinajstić information content (AvgIpc) is 2.46. The molecule has 0 unspecified atom stereocenters. The van der Waals surface area contributed by atoms with Gasteiger partial charge in [0, 0.05) is 12.3 Å². The maximum absolute atomic E-state index is 12.6. The average molecular weight is 346 g/mol. The molecule has 6 nitrogen and oxygen atoms in total. The number of sulfonamides is 1. The molecule has 0 bridgehead atoms. The van der Waals surface area contributed by atoms with Crippen LogP contribution >= 0.6 is 0 Å². The summed E-state index contributed by atoms with van der Waals surface area (Å²) in [4.78, 5) is -0.374. The lowest BCUT2D eigenvalue weighted by atomic mass is 9.85. The first kappa shape index (κ1) is 17.4. The molecule has 0 amide bonds. The van der Waals surface area contributed by atoms with E-state index in [9.17, 15) is 16.8 Å². The van der Waals surface area contributed by atoms with Crippen LogP contribution in [0.3, 0.4) is 0 Å². The molecule has 0 radical (unpaired) electrons. The Morgan fingerprint density at radius 1 is 1.09 bits per heavy atom. The van der Waals surface area contributed by atoms with Crippen LogP contribution in [0.4, 0.5) is 0 Å². The molecule has 1 aliphatic rings. The minimum atomic E-state index is -3.90. The van der Waals surface area contributed by atoms with Gasteiger partial charge in [-0.05, 0) is 37.4 Å². The van der Waals surface area contributed by atoms with E-state index in [2.05, 4.69) is 4.72 Å². The summed E-state index contributed by atoms with van der Waals surface area (Å²) in [6, 6.07) is 5.42. The number of nitrogens with two attached hydrogens (primary N) is 1. The van der Waals surface area contributed by atoms with Crippen molar-refractivity contribution < 1.29 is 16.8 Å². The fourth-order valence-corrected chi connectivity index (χ4v) is 5.86. The molecule has 124 valence electrons. The third-order valence-electron chi connectivity index (χ3n) is 4.06. The van der Waals surface area contributed by atoms with Crippen molar-refractivity contribution in [3.05, 3.63) is 24.3 Å². The highest BCUT2D eigenvalue weighted by Gasteiger charge is 2.31. The molecule has 0 heterocycles. The van der Waals surface area contributed by atoms with Gasteiger partial charge in [0.05, 0.1) is 4.90 Å². The van der Waals surface area contributed by atoms with Crippen molar-refractivity contribution in [2.45, 2.75) is 41.5 Å². The SMILES string of the molecule is CS(=O)(=O)c1ccccc1S(=O)(=O)N[C@H]1CCCC[C@@H]1CN. The Bertz CT molecular complexity index is 729. The van der Waals surface area contributed by atoms with Gasteiger partial charge in [-0.1, -0.05) is 25.0 Å². The van der Waals surface area contributed by atoms with Gasteiger partial charge in [-0.2, -0.15) is 0 Å². The van der Waals surface area contributed by atoms with E-state index in [0.717, 1.165) is 31.9 Å². The Morgan fingerprint density at radius 2 is 1.68 bits per heavy atom. The standard InChI is InChI=1S/C14H22N2O4S2/c1-21(17,18)13-8-4-5-9-14(13)22(19,20)16-12-7-3-2-6-11(12)10-15/h4-5,8-9,11-12,16H,2-3,6-7,10,15H2,1H3/t11-,12+/m1/s1. The lowest BCUT2D eigenvalue weighted by molar-refractivity contribution is 0.296. The maximum atomic E-state index is 12.6. The normalized spacial score (nSPS) is 23.4. The second-order valence-corrected chi connectivity index (χ2v) is 9.39. The van der Waals surface area contributed by atoms with Crippen molar-refractivity contribution in [1.82, 2.24) is 4.72 Å². The Labute approximate surface area is 132 Å². The van der Waals surface area contributed by atoms with Crippen molar-refractivity contribution >= 4 is 19.9 Å². The smallest absolute Gasteiger partial charge is 0.242 e. The fourth-order valence-electron chi connectivity index (χ4n) is 2.89. The van der Waals surface area contributed by atoms with E-state index in [1.807, 2.05) is 0 Å². The van der Waals surface area contributed by atoms with Gasteiger partial charge in [-0.25, -0.2) is 21.6 Å². The van der Waals surface area contributed by atoms with Gasteiger partial charge < -0.3 is 5.73 Å². The lowest BCUT2D eigenvalue weighted by Gasteiger charge is -2.31. The van der Waals surface area contributed by atoms with Gasteiger partial charge in [0.1, 0.15) is 4.90 Å². The summed E-state index contributed by atoms with van der Waals surface area (Å²) in [6.45, 7) is 0.418. The fraction of sp³-hybridized carbons (Fsp3) is 0.571. The van der Waals surface area contributed by atoms with E-state index in [4.69, 9.17) is 5.73 Å². The zero-order valence-corrected chi connectivity index (χ0v) is 14.2. The van der Waals surface area contributed by atoms with Crippen molar-refractivity contribution in [3.8, 4) is 0 Å². The summed E-state index contributed by atoms with van der Waals surface area (Å²) in [5, 5.41) is 0. The molecular weight excluding hydrogens is 324 g/mol. The van der Waals surface area contributed by atoms with Crippen LogP contribution in [0.15, 0.2) is 34.1 Å². The van der Waals surface area contributed by atoms with E-state index in [0.29, 0.717) is 6.54 Å². The van der Waals surface area contributed by atoms with Crippen molar-refractivity contribution in [3.63, 3.8) is 0 Å². The minimum absolute atomic E-state index is 0.0916. The van der Waals surface area contributed by atoms with Crippen LogP contribution in [-0.4, -0.2) is 35.7 Å². The first-order valence-corrected chi connectivity index (χ1v) is 10.6. The third kappa shape index (κ3) is 3.87. The number of nitrogens with one attached hydrogen (secondary N) is 1. The Kier molecular flexibility index (Phi) is 5.26. The number of benzene rings is 1. The Morgan fingerprint density at radius 3 is 2.27 bits per heavy atom. The quantitative estimate of drug-likeness (QED) is 0.823. The molecular formula is C14H22N2O4S2.